The van der Waals surface area contributed by atoms with Crippen LogP contribution in [0, 0.1) is 5.92 Å². The Morgan fingerprint density at radius 1 is 1.41 bits per heavy atom. The summed E-state index contributed by atoms with van der Waals surface area (Å²) < 4.78 is 10.9. The molecule has 3 N–H and O–H groups in total. The Kier molecular flexibility index (Phi) is 6.37. The summed E-state index contributed by atoms with van der Waals surface area (Å²) in [5.41, 5.74) is 0. The summed E-state index contributed by atoms with van der Waals surface area (Å²) in [7, 11) is 0. The molecule has 0 spiro atoms. The summed E-state index contributed by atoms with van der Waals surface area (Å²) in [5.74, 6) is 0.445. The normalized spacial score (nSPS) is 35.8. The standard InChI is InChI=1S/C12H24O5/c1-3-4-8(2)7-16-11-5-9(14)12(15)10(6-13)17-11/h8-15H,3-7H2,1-2H3. The first-order valence-electron chi connectivity index (χ1n) is 6.32. The van der Waals surface area contributed by atoms with E-state index in [1.54, 1.807) is 0 Å². The largest absolute Gasteiger partial charge is 0.394 e. The van der Waals surface area contributed by atoms with Gasteiger partial charge in [-0.15, -0.1) is 0 Å². The molecule has 1 aliphatic rings. The number of hydrogen-bond acceptors (Lipinski definition) is 5. The Bertz CT molecular complexity index is 211. The third kappa shape index (κ3) is 4.52. The molecule has 0 saturated carbocycles. The Morgan fingerprint density at radius 2 is 2.12 bits per heavy atom. The molecule has 5 atom stereocenters. The van der Waals surface area contributed by atoms with Crippen molar-refractivity contribution in [3.8, 4) is 0 Å². The minimum Gasteiger partial charge on any atom is -0.394 e. The van der Waals surface area contributed by atoms with E-state index in [0.717, 1.165) is 12.8 Å². The van der Waals surface area contributed by atoms with Crippen LogP contribution in [0.25, 0.3) is 0 Å². The molecule has 1 aliphatic heterocycles. The van der Waals surface area contributed by atoms with E-state index < -0.39 is 24.6 Å². The molecule has 0 aromatic carbocycles. The highest BCUT2D eigenvalue weighted by atomic mass is 16.7. The summed E-state index contributed by atoms with van der Waals surface area (Å²) in [4.78, 5) is 0. The summed E-state index contributed by atoms with van der Waals surface area (Å²) >= 11 is 0. The molecule has 1 heterocycles. The van der Waals surface area contributed by atoms with E-state index in [9.17, 15) is 10.2 Å². The SMILES string of the molecule is CCCC(C)COC1CC(O)C(O)C(CO)O1. The van der Waals surface area contributed by atoms with Gasteiger partial charge in [-0.25, -0.2) is 0 Å². The summed E-state index contributed by atoms with van der Waals surface area (Å²) in [6.45, 7) is 4.47. The average molecular weight is 248 g/mol. The molecule has 1 fully saturated rings. The minimum atomic E-state index is -1.03. The molecule has 5 unspecified atom stereocenters. The van der Waals surface area contributed by atoms with Gasteiger partial charge in [-0.1, -0.05) is 20.3 Å². The molecule has 0 amide bonds. The predicted octanol–water partition coefficient (Wildman–Crippen LogP) is 0.268. The Balaban J connectivity index is 2.34. The zero-order chi connectivity index (χ0) is 12.8. The molecule has 5 nitrogen and oxygen atoms in total. The van der Waals surface area contributed by atoms with E-state index in [-0.39, 0.29) is 13.0 Å². The van der Waals surface area contributed by atoms with E-state index in [4.69, 9.17) is 14.6 Å². The van der Waals surface area contributed by atoms with Gasteiger partial charge in [0.2, 0.25) is 0 Å². The van der Waals surface area contributed by atoms with E-state index in [1.807, 2.05) is 0 Å². The van der Waals surface area contributed by atoms with Crippen LogP contribution in [0.1, 0.15) is 33.1 Å². The fraction of sp³-hybridized carbons (Fsp3) is 1.00. The maximum absolute atomic E-state index is 9.60. The Hall–Kier alpha value is -0.200. The molecule has 1 saturated heterocycles. The monoisotopic (exact) mass is 248 g/mol. The van der Waals surface area contributed by atoms with Crippen LogP contribution in [-0.4, -0.2) is 53.1 Å². The molecule has 0 aliphatic carbocycles. The predicted molar refractivity (Wildman–Crippen MR) is 62.4 cm³/mol. The van der Waals surface area contributed by atoms with E-state index in [0.29, 0.717) is 12.5 Å². The molecule has 5 heteroatoms. The Labute approximate surface area is 102 Å². The average Bonchev–Trinajstić information content (AvgIpc) is 2.31. The molecule has 0 aromatic rings. The lowest BCUT2D eigenvalue weighted by molar-refractivity contribution is -0.259. The minimum absolute atomic E-state index is 0.247. The molecule has 1 rings (SSSR count). The zero-order valence-electron chi connectivity index (χ0n) is 10.6. The first kappa shape index (κ1) is 14.9. The number of aliphatic hydroxyl groups is 3. The Morgan fingerprint density at radius 3 is 2.71 bits per heavy atom. The van der Waals surface area contributed by atoms with E-state index >= 15 is 0 Å². The van der Waals surface area contributed by atoms with Crippen LogP contribution in [-0.2, 0) is 9.47 Å². The van der Waals surface area contributed by atoms with E-state index in [2.05, 4.69) is 13.8 Å². The third-order valence-corrected chi connectivity index (χ3v) is 3.06. The highest BCUT2D eigenvalue weighted by molar-refractivity contribution is 4.82. The zero-order valence-corrected chi connectivity index (χ0v) is 10.6. The van der Waals surface area contributed by atoms with Crippen molar-refractivity contribution in [2.45, 2.75) is 57.7 Å². The number of rotatable bonds is 6. The smallest absolute Gasteiger partial charge is 0.160 e. The van der Waals surface area contributed by atoms with Crippen LogP contribution in [0.15, 0.2) is 0 Å². The number of ether oxygens (including phenoxy) is 2. The maximum atomic E-state index is 9.60. The lowest BCUT2D eigenvalue weighted by Crippen LogP contribution is -2.50. The molecular weight excluding hydrogens is 224 g/mol. The lowest BCUT2D eigenvalue weighted by Gasteiger charge is -2.36. The van der Waals surface area contributed by atoms with Gasteiger partial charge in [-0.2, -0.15) is 0 Å². The fourth-order valence-corrected chi connectivity index (χ4v) is 2.02. The summed E-state index contributed by atoms with van der Waals surface area (Å²) in [6.07, 6.45) is -0.788. The maximum Gasteiger partial charge on any atom is 0.160 e. The summed E-state index contributed by atoms with van der Waals surface area (Å²) in [5, 5.41) is 28.1. The van der Waals surface area contributed by atoms with Gasteiger partial charge in [0.25, 0.3) is 0 Å². The number of hydrogen-bond donors (Lipinski definition) is 3. The molecule has 102 valence electrons. The van der Waals surface area contributed by atoms with Crippen LogP contribution in [0.4, 0.5) is 0 Å². The third-order valence-electron chi connectivity index (χ3n) is 3.06. The molecule has 0 radical (unpaired) electrons. The fourth-order valence-electron chi connectivity index (χ4n) is 2.02. The van der Waals surface area contributed by atoms with Crippen LogP contribution in [0.2, 0.25) is 0 Å². The van der Waals surface area contributed by atoms with Crippen molar-refractivity contribution in [3.05, 3.63) is 0 Å². The second-order valence-electron chi connectivity index (χ2n) is 4.81. The molecular formula is C12H24O5. The lowest BCUT2D eigenvalue weighted by atomic mass is 10.0. The van der Waals surface area contributed by atoms with Gasteiger partial charge in [-0.3, -0.25) is 0 Å². The van der Waals surface area contributed by atoms with Gasteiger partial charge in [0.15, 0.2) is 6.29 Å². The van der Waals surface area contributed by atoms with Crippen LogP contribution in [0.5, 0.6) is 0 Å². The second-order valence-corrected chi connectivity index (χ2v) is 4.81. The van der Waals surface area contributed by atoms with Gasteiger partial charge in [0.05, 0.1) is 19.3 Å². The first-order chi connectivity index (χ1) is 8.08. The highest BCUT2D eigenvalue weighted by Gasteiger charge is 2.36. The number of aliphatic hydroxyl groups excluding tert-OH is 3. The van der Waals surface area contributed by atoms with E-state index in [1.165, 1.54) is 0 Å². The topological polar surface area (TPSA) is 79.2 Å². The van der Waals surface area contributed by atoms with Crippen LogP contribution >= 0.6 is 0 Å². The van der Waals surface area contributed by atoms with Gasteiger partial charge in [-0.05, 0) is 12.3 Å². The van der Waals surface area contributed by atoms with Crippen molar-refractivity contribution < 1.29 is 24.8 Å². The van der Waals surface area contributed by atoms with Gasteiger partial charge in [0.1, 0.15) is 12.2 Å². The van der Waals surface area contributed by atoms with Gasteiger partial charge >= 0.3 is 0 Å². The summed E-state index contributed by atoms with van der Waals surface area (Å²) in [6, 6.07) is 0. The van der Waals surface area contributed by atoms with Crippen LogP contribution in [0.3, 0.4) is 0 Å². The highest BCUT2D eigenvalue weighted by Crippen LogP contribution is 2.22. The van der Waals surface area contributed by atoms with Crippen LogP contribution < -0.4 is 0 Å². The van der Waals surface area contributed by atoms with Crippen molar-refractivity contribution in [1.29, 1.82) is 0 Å². The van der Waals surface area contributed by atoms with Crippen molar-refractivity contribution in [1.82, 2.24) is 0 Å². The quantitative estimate of drug-likeness (QED) is 0.629. The first-order valence-corrected chi connectivity index (χ1v) is 6.32. The second kappa shape index (κ2) is 7.28. The van der Waals surface area contributed by atoms with Gasteiger partial charge < -0.3 is 24.8 Å². The van der Waals surface area contributed by atoms with Gasteiger partial charge in [0, 0.05) is 6.42 Å². The van der Waals surface area contributed by atoms with Crippen molar-refractivity contribution >= 4 is 0 Å². The van der Waals surface area contributed by atoms with Crippen molar-refractivity contribution in [2.24, 2.45) is 5.92 Å². The molecule has 17 heavy (non-hydrogen) atoms. The molecule has 0 aromatic heterocycles. The van der Waals surface area contributed by atoms with Crippen molar-refractivity contribution in [2.75, 3.05) is 13.2 Å². The van der Waals surface area contributed by atoms with Crippen molar-refractivity contribution in [3.63, 3.8) is 0 Å². The molecule has 0 bridgehead atoms.